The van der Waals surface area contributed by atoms with Crippen molar-refractivity contribution in [2.24, 2.45) is 0 Å². The van der Waals surface area contributed by atoms with Crippen molar-refractivity contribution in [3.05, 3.63) is 41.5 Å². The number of hydrogen-bond acceptors (Lipinski definition) is 5. The molecule has 0 amide bonds. The predicted octanol–water partition coefficient (Wildman–Crippen LogP) is 2.46. The summed E-state index contributed by atoms with van der Waals surface area (Å²) in [5.41, 5.74) is 1.85. The lowest BCUT2D eigenvalue weighted by Gasteiger charge is -2.04. The van der Waals surface area contributed by atoms with Crippen LogP contribution in [0.3, 0.4) is 0 Å². The lowest BCUT2D eigenvalue weighted by Crippen LogP contribution is -2.21. The summed E-state index contributed by atoms with van der Waals surface area (Å²) in [6.07, 6.45) is 1.70. The zero-order valence-corrected chi connectivity index (χ0v) is 11.5. The highest BCUT2D eigenvalue weighted by molar-refractivity contribution is 5.19. The summed E-state index contributed by atoms with van der Waals surface area (Å²) < 4.78 is 10.8. The number of aromatic nitrogens is 2. The molecule has 19 heavy (non-hydrogen) atoms. The van der Waals surface area contributed by atoms with E-state index in [2.05, 4.69) is 29.3 Å². The van der Waals surface area contributed by atoms with E-state index < -0.39 is 0 Å². The maximum atomic E-state index is 5.57. The van der Waals surface area contributed by atoms with Crippen LogP contribution in [0, 0.1) is 6.92 Å². The van der Waals surface area contributed by atoms with Gasteiger partial charge in [0.2, 0.25) is 0 Å². The van der Waals surface area contributed by atoms with Crippen LogP contribution in [0.2, 0.25) is 0 Å². The van der Waals surface area contributed by atoms with Crippen LogP contribution in [0.5, 0.6) is 5.75 Å². The molecule has 2 aromatic heterocycles. The molecule has 0 saturated carbocycles. The molecule has 0 spiro atoms. The van der Waals surface area contributed by atoms with Crippen LogP contribution in [-0.2, 0) is 13.2 Å². The van der Waals surface area contributed by atoms with E-state index in [1.165, 1.54) is 0 Å². The second-order valence-electron chi connectivity index (χ2n) is 4.74. The number of aryl methyl sites for hydroxylation is 1. The van der Waals surface area contributed by atoms with Crippen molar-refractivity contribution >= 4 is 0 Å². The molecule has 0 saturated heterocycles. The Labute approximate surface area is 113 Å². The molecule has 0 radical (unpaired) electrons. The maximum Gasteiger partial charge on any atom is 0.174 e. The van der Waals surface area contributed by atoms with Crippen LogP contribution in [-0.4, -0.2) is 16.2 Å². The second-order valence-corrected chi connectivity index (χ2v) is 4.74. The first-order chi connectivity index (χ1) is 9.13. The van der Waals surface area contributed by atoms with E-state index in [0.717, 1.165) is 17.1 Å². The van der Waals surface area contributed by atoms with E-state index in [0.29, 0.717) is 25.0 Å². The van der Waals surface area contributed by atoms with E-state index in [-0.39, 0.29) is 0 Å². The first-order valence-electron chi connectivity index (χ1n) is 6.37. The largest absolute Gasteiger partial charge is 0.484 e. The van der Waals surface area contributed by atoms with E-state index in [4.69, 9.17) is 9.26 Å². The Morgan fingerprint density at radius 3 is 2.89 bits per heavy atom. The summed E-state index contributed by atoms with van der Waals surface area (Å²) in [5, 5.41) is 7.26. The molecule has 5 heteroatoms. The third kappa shape index (κ3) is 4.37. The summed E-state index contributed by atoms with van der Waals surface area (Å²) in [5.74, 6) is 1.44. The molecule has 5 nitrogen and oxygen atoms in total. The normalized spacial score (nSPS) is 10.9. The minimum atomic E-state index is 0.361. The number of nitrogens with zero attached hydrogens (tertiary/aromatic N) is 2. The first kappa shape index (κ1) is 13.5. The van der Waals surface area contributed by atoms with Crippen LogP contribution in [0.4, 0.5) is 0 Å². The first-order valence-corrected chi connectivity index (χ1v) is 6.37. The summed E-state index contributed by atoms with van der Waals surface area (Å²) in [4.78, 5) is 4.16. The van der Waals surface area contributed by atoms with Crippen molar-refractivity contribution in [2.75, 3.05) is 0 Å². The highest BCUT2D eigenvalue weighted by atomic mass is 16.5. The fraction of sp³-hybridized carbons (Fsp3) is 0.429. The van der Waals surface area contributed by atoms with Gasteiger partial charge in [0.05, 0.1) is 11.9 Å². The maximum absolute atomic E-state index is 5.57. The van der Waals surface area contributed by atoms with Crippen LogP contribution in [0.15, 0.2) is 28.9 Å². The molecule has 2 rings (SSSR count). The van der Waals surface area contributed by atoms with Gasteiger partial charge in [0.15, 0.2) is 5.76 Å². The average Bonchev–Trinajstić information content (AvgIpc) is 2.84. The van der Waals surface area contributed by atoms with Crippen molar-refractivity contribution in [1.82, 2.24) is 15.5 Å². The summed E-state index contributed by atoms with van der Waals surface area (Å²) in [6, 6.07) is 6.12. The van der Waals surface area contributed by atoms with Crippen molar-refractivity contribution in [1.29, 1.82) is 0 Å². The topological polar surface area (TPSA) is 60.2 Å². The lowest BCUT2D eigenvalue weighted by molar-refractivity contribution is 0.247. The lowest BCUT2D eigenvalue weighted by atomic mass is 10.3. The Bertz CT molecular complexity index is 506. The molecule has 0 unspecified atom stereocenters. The van der Waals surface area contributed by atoms with Gasteiger partial charge in [0.1, 0.15) is 12.4 Å². The number of nitrogens with one attached hydrogen (secondary N) is 1. The van der Waals surface area contributed by atoms with Gasteiger partial charge in [-0.05, 0) is 19.1 Å². The second kappa shape index (κ2) is 6.33. The van der Waals surface area contributed by atoms with Crippen LogP contribution in [0.1, 0.15) is 31.0 Å². The van der Waals surface area contributed by atoms with Crippen LogP contribution < -0.4 is 10.1 Å². The zero-order chi connectivity index (χ0) is 13.7. The Morgan fingerprint density at radius 2 is 2.21 bits per heavy atom. The Balaban J connectivity index is 1.84. The molecule has 0 aromatic carbocycles. The van der Waals surface area contributed by atoms with E-state index >= 15 is 0 Å². The number of rotatable bonds is 6. The molecular weight excluding hydrogens is 242 g/mol. The summed E-state index contributed by atoms with van der Waals surface area (Å²) in [7, 11) is 0. The van der Waals surface area contributed by atoms with Gasteiger partial charge in [-0.2, -0.15) is 0 Å². The van der Waals surface area contributed by atoms with Gasteiger partial charge in [-0.3, -0.25) is 4.98 Å². The van der Waals surface area contributed by atoms with Crippen molar-refractivity contribution in [2.45, 2.75) is 40.0 Å². The Kier molecular flexibility index (Phi) is 4.52. The predicted molar refractivity (Wildman–Crippen MR) is 71.8 cm³/mol. The minimum Gasteiger partial charge on any atom is -0.484 e. The highest BCUT2D eigenvalue weighted by Crippen LogP contribution is 2.12. The van der Waals surface area contributed by atoms with Crippen LogP contribution in [0.25, 0.3) is 0 Å². The van der Waals surface area contributed by atoms with Gasteiger partial charge in [0, 0.05) is 24.3 Å². The van der Waals surface area contributed by atoms with Gasteiger partial charge in [0.25, 0.3) is 0 Å². The number of pyridine rings is 1. The van der Waals surface area contributed by atoms with Crippen molar-refractivity contribution in [3.63, 3.8) is 0 Å². The van der Waals surface area contributed by atoms with E-state index in [1.807, 2.05) is 25.1 Å². The smallest absolute Gasteiger partial charge is 0.174 e. The average molecular weight is 261 g/mol. The minimum absolute atomic E-state index is 0.361. The fourth-order valence-electron chi connectivity index (χ4n) is 1.51. The van der Waals surface area contributed by atoms with Gasteiger partial charge in [-0.15, -0.1) is 0 Å². The standard InChI is InChI=1S/C14H19N3O2/c1-10(2)15-7-12-6-14(19-17-12)9-18-13-5-4-11(3)16-8-13/h4-6,8,10,15H,7,9H2,1-3H3. The van der Waals surface area contributed by atoms with Gasteiger partial charge in [-0.1, -0.05) is 19.0 Å². The molecule has 1 N–H and O–H groups in total. The third-order valence-corrected chi connectivity index (χ3v) is 2.56. The fourth-order valence-corrected chi connectivity index (χ4v) is 1.51. The quantitative estimate of drug-likeness (QED) is 0.865. The molecule has 2 heterocycles. The Hall–Kier alpha value is -1.88. The van der Waals surface area contributed by atoms with Crippen molar-refractivity contribution < 1.29 is 9.26 Å². The molecule has 0 aliphatic carbocycles. The summed E-state index contributed by atoms with van der Waals surface area (Å²) >= 11 is 0. The van der Waals surface area contributed by atoms with Crippen LogP contribution >= 0.6 is 0 Å². The number of hydrogen-bond donors (Lipinski definition) is 1. The molecule has 0 aliphatic rings. The molecule has 0 bridgehead atoms. The van der Waals surface area contributed by atoms with Crippen molar-refractivity contribution in [3.8, 4) is 5.75 Å². The molecule has 0 fully saturated rings. The van der Waals surface area contributed by atoms with E-state index in [9.17, 15) is 0 Å². The van der Waals surface area contributed by atoms with Gasteiger partial charge >= 0.3 is 0 Å². The molecule has 102 valence electrons. The van der Waals surface area contributed by atoms with E-state index in [1.54, 1.807) is 6.20 Å². The van der Waals surface area contributed by atoms with Gasteiger partial charge < -0.3 is 14.6 Å². The third-order valence-electron chi connectivity index (χ3n) is 2.56. The SMILES string of the molecule is Cc1ccc(OCc2cc(CNC(C)C)no2)cn1. The number of ether oxygens (including phenoxy) is 1. The Morgan fingerprint density at radius 1 is 1.37 bits per heavy atom. The molecule has 0 atom stereocenters. The highest BCUT2D eigenvalue weighted by Gasteiger charge is 2.05. The molecule has 0 aliphatic heterocycles. The van der Waals surface area contributed by atoms with Gasteiger partial charge in [-0.25, -0.2) is 0 Å². The summed E-state index contributed by atoms with van der Waals surface area (Å²) in [6.45, 7) is 7.18. The monoisotopic (exact) mass is 261 g/mol. The molecule has 2 aromatic rings. The molecular formula is C14H19N3O2. The zero-order valence-electron chi connectivity index (χ0n) is 11.5.